The highest BCUT2D eigenvalue weighted by atomic mass is 35.5. The maximum absolute atomic E-state index is 11.9. The van der Waals surface area contributed by atoms with Crippen molar-refractivity contribution in [3.8, 4) is 6.07 Å². The molecule has 0 aliphatic rings. The van der Waals surface area contributed by atoms with Crippen molar-refractivity contribution in [2.24, 2.45) is 5.41 Å². The van der Waals surface area contributed by atoms with Crippen LogP contribution >= 0.6 is 11.6 Å². The number of aryl methyl sites for hydroxylation is 1. The van der Waals surface area contributed by atoms with Crippen LogP contribution in [0.5, 0.6) is 0 Å². The van der Waals surface area contributed by atoms with E-state index >= 15 is 0 Å². The van der Waals surface area contributed by atoms with Gasteiger partial charge in [0.2, 0.25) is 0 Å². The minimum Gasteiger partial charge on any atom is -0.350 e. The van der Waals surface area contributed by atoms with E-state index in [-0.39, 0.29) is 5.91 Å². The third kappa shape index (κ3) is 3.76. The van der Waals surface area contributed by atoms with E-state index in [0.717, 1.165) is 5.56 Å². The Morgan fingerprint density at radius 1 is 1.53 bits per heavy atom. The van der Waals surface area contributed by atoms with Crippen LogP contribution in [-0.4, -0.2) is 12.5 Å². The molecule has 1 N–H and O–H groups in total. The van der Waals surface area contributed by atoms with Crippen LogP contribution in [0.3, 0.4) is 0 Å². The molecule has 90 valence electrons. The monoisotopic (exact) mass is 250 g/mol. The van der Waals surface area contributed by atoms with Gasteiger partial charge in [-0.2, -0.15) is 5.26 Å². The Labute approximate surface area is 106 Å². The van der Waals surface area contributed by atoms with Crippen molar-refractivity contribution < 1.29 is 4.79 Å². The largest absolute Gasteiger partial charge is 0.350 e. The lowest BCUT2D eigenvalue weighted by atomic mass is 9.96. The Kier molecular flexibility index (Phi) is 4.14. The molecule has 0 radical (unpaired) electrons. The molecule has 0 heterocycles. The number of amides is 1. The molecule has 1 aromatic carbocycles. The highest BCUT2D eigenvalue weighted by molar-refractivity contribution is 6.31. The van der Waals surface area contributed by atoms with E-state index in [1.165, 1.54) is 0 Å². The molecule has 0 fully saturated rings. The number of hydrogen-bond donors (Lipinski definition) is 1. The normalized spacial score (nSPS) is 10.8. The number of halogens is 1. The van der Waals surface area contributed by atoms with Gasteiger partial charge in [0.15, 0.2) is 0 Å². The minimum atomic E-state index is -0.567. The summed E-state index contributed by atoms with van der Waals surface area (Å²) in [5.74, 6) is -0.201. The fourth-order valence-electron chi connectivity index (χ4n) is 1.27. The summed E-state index contributed by atoms with van der Waals surface area (Å²) in [7, 11) is 0. The van der Waals surface area contributed by atoms with Gasteiger partial charge in [-0.3, -0.25) is 4.79 Å². The lowest BCUT2D eigenvalue weighted by molar-refractivity contribution is 0.0943. The summed E-state index contributed by atoms with van der Waals surface area (Å²) in [6.45, 7) is 5.71. The van der Waals surface area contributed by atoms with Gasteiger partial charge < -0.3 is 5.32 Å². The highest BCUT2D eigenvalue weighted by Gasteiger charge is 2.18. The number of nitrogens with zero attached hydrogens (tertiary/aromatic N) is 1. The van der Waals surface area contributed by atoms with Crippen LogP contribution < -0.4 is 5.32 Å². The van der Waals surface area contributed by atoms with Crippen molar-refractivity contribution in [3.05, 3.63) is 34.3 Å². The first-order valence-electron chi connectivity index (χ1n) is 5.31. The van der Waals surface area contributed by atoms with Crippen LogP contribution in [0.4, 0.5) is 0 Å². The van der Waals surface area contributed by atoms with Gasteiger partial charge in [-0.25, -0.2) is 0 Å². The first-order chi connectivity index (χ1) is 7.85. The number of benzene rings is 1. The van der Waals surface area contributed by atoms with Crippen LogP contribution in [0.25, 0.3) is 0 Å². The van der Waals surface area contributed by atoms with Gasteiger partial charge in [-0.05, 0) is 38.5 Å². The highest BCUT2D eigenvalue weighted by Crippen LogP contribution is 2.16. The third-order valence-electron chi connectivity index (χ3n) is 2.44. The summed E-state index contributed by atoms with van der Waals surface area (Å²) in [5, 5.41) is 12.1. The molecular weight excluding hydrogens is 236 g/mol. The number of nitrogens with one attached hydrogen (secondary N) is 1. The zero-order valence-corrected chi connectivity index (χ0v) is 10.9. The van der Waals surface area contributed by atoms with E-state index in [1.54, 1.807) is 32.0 Å². The first-order valence-corrected chi connectivity index (χ1v) is 5.69. The van der Waals surface area contributed by atoms with E-state index in [1.807, 2.05) is 6.92 Å². The van der Waals surface area contributed by atoms with Gasteiger partial charge in [0.25, 0.3) is 5.91 Å². The number of carbonyl (C=O) groups is 1. The molecule has 1 rings (SSSR count). The SMILES string of the molecule is Cc1ccc(Cl)cc1C(=O)NCC(C)(C)C#N. The molecule has 3 nitrogen and oxygen atoms in total. The lowest BCUT2D eigenvalue weighted by Gasteiger charge is -2.16. The molecule has 0 saturated heterocycles. The number of nitriles is 1. The molecule has 0 aliphatic carbocycles. The summed E-state index contributed by atoms with van der Waals surface area (Å²) in [5.41, 5.74) is 0.843. The van der Waals surface area contributed by atoms with Crippen LogP contribution in [0.1, 0.15) is 29.8 Å². The third-order valence-corrected chi connectivity index (χ3v) is 2.67. The van der Waals surface area contributed by atoms with E-state index in [4.69, 9.17) is 16.9 Å². The van der Waals surface area contributed by atoms with Crippen molar-refractivity contribution in [2.75, 3.05) is 6.54 Å². The molecule has 0 spiro atoms. The standard InChI is InChI=1S/C13H15ClN2O/c1-9-4-5-10(14)6-11(9)12(17)16-8-13(2,3)7-15/h4-6H,8H2,1-3H3,(H,16,17). The fourth-order valence-corrected chi connectivity index (χ4v) is 1.45. The second-order valence-electron chi connectivity index (χ2n) is 4.64. The van der Waals surface area contributed by atoms with Gasteiger partial charge in [-0.15, -0.1) is 0 Å². The summed E-state index contributed by atoms with van der Waals surface area (Å²) >= 11 is 5.85. The van der Waals surface area contributed by atoms with Crippen LogP contribution in [0.15, 0.2) is 18.2 Å². The molecule has 1 amide bonds. The van der Waals surface area contributed by atoms with Crippen molar-refractivity contribution in [3.63, 3.8) is 0 Å². The van der Waals surface area contributed by atoms with Crippen molar-refractivity contribution in [2.45, 2.75) is 20.8 Å². The Morgan fingerprint density at radius 2 is 2.18 bits per heavy atom. The Hall–Kier alpha value is -1.53. The first kappa shape index (κ1) is 13.5. The van der Waals surface area contributed by atoms with Crippen molar-refractivity contribution in [1.82, 2.24) is 5.32 Å². The zero-order valence-electron chi connectivity index (χ0n) is 10.2. The molecule has 0 atom stereocenters. The van der Waals surface area contributed by atoms with Crippen molar-refractivity contribution in [1.29, 1.82) is 5.26 Å². The topological polar surface area (TPSA) is 52.9 Å². The number of carbonyl (C=O) groups excluding carboxylic acids is 1. The predicted octanol–water partition coefficient (Wildman–Crippen LogP) is 2.93. The Morgan fingerprint density at radius 3 is 2.76 bits per heavy atom. The van der Waals surface area contributed by atoms with E-state index in [2.05, 4.69) is 11.4 Å². The average molecular weight is 251 g/mol. The Bertz CT molecular complexity index is 475. The minimum absolute atomic E-state index is 0.201. The van der Waals surface area contributed by atoms with Crippen LogP contribution in [-0.2, 0) is 0 Å². The molecule has 0 aromatic heterocycles. The molecule has 4 heteroatoms. The summed E-state index contributed by atoms with van der Waals surface area (Å²) in [6, 6.07) is 7.31. The van der Waals surface area contributed by atoms with Crippen LogP contribution in [0.2, 0.25) is 5.02 Å². The van der Waals surface area contributed by atoms with Gasteiger partial charge in [-0.1, -0.05) is 17.7 Å². The molecule has 0 unspecified atom stereocenters. The number of hydrogen-bond acceptors (Lipinski definition) is 2. The van der Waals surface area contributed by atoms with Crippen molar-refractivity contribution >= 4 is 17.5 Å². The molecule has 0 bridgehead atoms. The zero-order chi connectivity index (χ0) is 13.1. The van der Waals surface area contributed by atoms with Crippen LogP contribution in [0, 0.1) is 23.7 Å². The fraction of sp³-hybridized carbons (Fsp3) is 0.385. The summed E-state index contributed by atoms with van der Waals surface area (Å²) < 4.78 is 0. The van der Waals surface area contributed by atoms with E-state index in [9.17, 15) is 4.79 Å². The second-order valence-corrected chi connectivity index (χ2v) is 5.07. The second kappa shape index (κ2) is 5.20. The predicted molar refractivity (Wildman–Crippen MR) is 67.9 cm³/mol. The maximum Gasteiger partial charge on any atom is 0.251 e. The average Bonchev–Trinajstić information content (AvgIpc) is 2.29. The van der Waals surface area contributed by atoms with E-state index in [0.29, 0.717) is 17.1 Å². The number of rotatable bonds is 3. The molecular formula is C13H15ClN2O. The lowest BCUT2D eigenvalue weighted by Crippen LogP contribution is -2.33. The quantitative estimate of drug-likeness (QED) is 0.897. The van der Waals surface area contributed by atoms with Gasteiger partial charge in [0, 0.05) is 17.1 Å². The van der Waals surface area contributed by atoms with Gasteiger partial charge >= 0.3 is 0 Å². The molecule has 1 aromatic rings. The molecule has 0 saturated carbocycles. The molecule has 17 heavy (non-hydrogen) atoms. The van der Waals surface area contributed by atoms with E-state index < -0.39 is 5.41 Å². The summed E-state index contributed by atoms with van der Waals surface area (Å²) in [4.78, 5) is 11.9. The van der Waals surface area contributed by atoms with Gasteiger partial charge in [0.1, 0.15) is 0 Å². The van der Waals surface area contributed by atoms with Gasteiger partial charge in [0.05, 0.1) is 11.5 Å². The Balaban J connectivity index is 2.78. The smallest absolute Gasteiger partial charge is 0.251 e. The molecule has 0 aliphatic heterocycles. The summed E-state index contributed by atoms with van der Waals surface area (Å²) in [6.07, 6.45) is 0. The maximum atomic E-state index is 11.9.